The summed E-state index contributed by atoms with van der Waals surface area (Å²) in [5.74, 6) is 0.714. The minimum absolute atomic E-state index is 0.0240. The second kappa shape index (κ2) is 4.77. The molecule has 0 saturated heterocycles. The van der Waals surface area contributed by atoms with Crippen LogP contribution in [0.4, 0.5) is 0 Å². The molecule has 0 atom stereocenters. The van der Waals surface area contributed by atoms with Crippen LogP contribution in [0.15, 0.2) is 18.2 Å². The molecule has 0 heterocycles. The third-order valence-electron chi connectivity index (χ3n) is 2.00. The van der Waals surface area contributed by atoms with Crippen molar-refractivity contribution in [1.29, 1.82) is 0 Å². The fraction of sp³-hybridized carbons (Fsp3) is 0.364. The van der Waals surface area contributed by atoms with Crippen molar-refractivity contribution in [1.82, 2.24) is 0 Å². The lowest BCUT2D eigenvalue weighted by Crippen LogP contribution is -2.01. The predicted molar refractivity (Wildman–Crippen MR) is 53.7 cm³/mol. The first kappa shape index (κ1) is 10.7. The lowest BCUT2D eigenvalue weighted by Gasteiger charge is -2.07. The van der Waals surface area contributed by atoms with Gasteiger partial charge in [-0.25, -0.2) is 0 Å². The number of Topliss-reactive ketones (excluding diaryl/α,β-unsaturated/α-hetero) is 1. The standard InChI is InChI=1S/C11H14O3/c1-8(12)11-6-10(14-3)5-4-9(11)7-13-2/h4-6H,7H2,1-3H3. The van der Waals surface area contributed by atoms with Crippen LogP contribution >= 0.6 is 0 Å². The maximum absolute atomic E-state index is 11.3. The fourth-order valence-corrected chi connectivity index (χ4v) is 1.29. The van der Waals surface area contributed by atoms with Crippen LogP contribution in [-0.2, 0) is 11.3 Å². The van der Waals surface area contributed by atoms with Gasteiger partial charge in [0.05, 0.1) is 13.7 Å². The van der Waals surface area contributed by atoms with Gasteiger partial charge in [0.15, 0.2) is 5.78 Å². The van der Waals surface area contributed by atoms with Crippen LogP contribution in [0.5, 0.6) is 5.75 Å². The van der Waals surface area contributed by atoms with Crippen LogP contribution in [0, 0.1) is 0 Å². The van der Waals surface area contributed by atoms with Crippen LogP contribution in [-0.4, -0.2) is 20.0 Å². The molecule has 0 fully saturated rings. The van der Waals surface area contributed by atoms with Crippen LogP contribution < -0.4 is 4.74 Å². The Labute approximate surface area is 83.6 Å². The van der Waals surface area contributed by atoms with Gasteiger partial charge in [-0.15, -0.1) is 0 Å². The van der Waals surface area contributed by atoms with Gasteiger partial charge in [-0.3, -0.25) is 4.79 Å². The van der Waals surface area contributed by atoms with Crippen LogP contribution in [0.2, 0.25) is 0 Å². The van der Waals surface area contributed by atoms with Crippen LogP contribution in [0.1, 0.15) is 22.8 Å². The summed E-state index contributed by atoms with van der Waals surface area (Å²) in [6.45, 7) is 1.98. The minimum atomic E-state index is 0.0240. The summed E-state index contributed by atoms with van der Waals surface area (Å²) in [6, 6.07) is 5.40. The van der Waals surface area contributed by atoms with E-state index in [0.29, 0.717) is 17.9 Å². The Morgan fingerprint density at radius 3 is 2.57 bits per heavy atom. The molecule has 0 radical (unpaired) electrons. The highest BCUT2D eigenvalue weighted by Gasteiger charge is 2.08. The van der Waals surface area contributed by atoms with Gasteiger partial charge in [0, 0.05) is 12.7 Å². The highest BCUT2D eigenvalue weighted by molar-refractivity contribution is 5.95. The lowest BCUT2D eigenvalue weighted by molar-refractivity contribution is 0.101. The summed E-state index contributed by atoms with van der Waals surface area (Å²) < 4.78 is 10.0. The predicted octanol–water partition coefficient (Wildman–Crippen LogP) is 2.04. The van der Waals surface area contributed by atoms with Crippen molar-refractivity contribution in [2.75, 3.05) is 14.2 Å². The molecule has 14 heavy (non-hydrogen) atoms. The second-order valence-electron chi connectivity index (χ2n) is 3.01. The smallest absolute Gasteiger partial charge is 0.160 e. The zero-order valence-electron chi connectivity index (χ0n) is 8.66. The molecule has 0 aliphatic heterocycles. The molecule has 0 spiro atoms. The molecule has 76 valence electrons. The molecule has 1 aromatic carbocycles. The zero-order valence-corrected chi connectivity index (χ0v) is 8.66. The minimum Gasteiger partial charge on any atom is -0.497 e. The lowest BCUT2D eigenvalue weighted by atomic mass is 10.0. The van der Waals surface area contributed by atoms with Crippen LogP contribution in [0.3, 0.4) is 0 Å². The van der Waals surface area contributed by atoms with Gasteiger partial charge in [0.2, 0.25) is 0 Å². The molecule has 0 aliphatic carbocycles. The van der Waals surface area contributed by atoms with E-state index in [1.165, 1.54) is 6.92 Å². The fourth-order valence-electron chi connectivity index (χ4n) is 1.29. The number of ketones is 1. The molecule has 0 unspecified atom stereocenters. The van der Waals surface area contributed by atoms with Gasteiger partial charge in [0.1, 0.15) is 5.75 Å². The second-order valence-corrected chi connectivity index (χ2v) is 3.01. The van der Waals surface area contributed by atoms with E-state index in [-0.39, 0.29) is 5.78 Å². The average molecular weight is 194 g/mol. The normalized spacial score (nSPS) is 9.93. The van der Waals surface area contributed by atoms with Gasteiger partial charge in [-0.2, -0.15) is 0 Å². The monoisotopic (exact) mass is 194 g/mol. The number of hydrogen-bond acceptors (Lipinski definition) is 3. The van der Waals surface area contributed by atoms with Crippen molar-refractivity contribution in [2.24, 2.45) is 0 Å². The summed E-state index contributed by atoms with van der Waals surface area (Å²) >= 11 is 0. The molecule has 0 amide bonds. The van der Waals surface area contributed by atoms with Crippen molar-refractivity contribution in [2.45, 2.75) is 13.5 Å². The number of carbonyl (C=O) groups is 1. The van der Waals surface area contributed by atoms with Crippen LogP contribution in [0.25, 0.3) is 0 Å². The number of methoxy groups -OCH3 is 2. The number of carbonyl (C=O) groups excluding carboxylic acids is 1. The molecule has 0 bridgehead atoms. The SMILES string of the molecule is COCc1ccc(OC)cc1C(C)=O. The van der Waals surface area contributed by atoms with Crippen molar-refractivity contribution >= 4 is 5.78 Å². The third-order valence-corrected chi connectivity index (χ3v) is 2.00. The summed E-state index contributed by atoms with van der Waals surface area (Å²) in [5.41, 5.74) is 1.55. The molecule has 1 rings (SSSR count). The maximum Gasteiger partial charge on any atom is 0.160 e. The molecule has 3 heteroatoms. The number of benzene rings is 1. The first-order chi connectivity index (χ1) is 6.69. The van der Waals surface area contributed by atoms with E-state index in [1.54, 1.807) is 20.3 Å². The highest BCUT2D eigenvalue weighted by atomic mass is 16.5. The third kappa shape index (κ3) is 2.33. The Kier molecular flexibility index (Phi) is 3.65. The van der Waals surface area contributed by atoms with Gasteiger partial charge >= 0.3 is 0 Å². The summed E-state index contributed by atoms with van der Waals surface area (Å²) in [4.78, 5) is 11.3. The molecule has 0 aliphatic rings. The van der Waals surface area contributed by atoms with Crippen molar-refractivity contribution < 1.29 is 14.3 Å². The molecule has 0 aromatic heterocycles. The Morgan fingerprint density at radius 1 is 1.36 bits per heavy atom. The molecular formula is C11H14O3. The number of hydrogen-bond donors (Lipinski definition) is 0. The quantitative estimate of drug-likeness (QED) is 0.688. The van der Waals surface area contributed by atoms with Gasteiger partial charge in [-0.05, 0) is 24.6 Å². The topological polar surface area (TPSA) is 35.5 Å². The first-order valence-electron chi connectivity index (χ1n) is 4.36. The van der Waals surface area contributed by atoms with E-state index in [9.17, 15) is 4.79 Å². The average Bonchev–Trinajstić information content (AvgIpc) is 2.18. The maximum atomic E-state index is 11.3. The summed E-state index contributed by atoms with van der Waals surface area (Å²) in [6.07, 6.45) is 0. The molecule has 0 saturated carbocycles. The highest BCUT2D eigenvalue weighted by Crippen LogP contribution is 2.18. The van der Waals surface area contributed by atoms with Gasteiger partial charge in [-0.1, -0.05) is 6.07 Å². The van der Waals surface area contributed by atoms with E-state index >= 15 is 0 Å². The van der Waals surface area contributed by atoms with E-state index in [2.05, 4.69) is 0 Å². The van der Waals surface area contributed by atoms with Gasteiger partial charge < -0.3 is 9.47 Å². The summed E-state index contributed by atoms with van der Waals surface area (Å²) in [5, 5.41) is 0. The number of ether oxygens (including phenoxy) is 2. The van der Waals surface area contributed by atoms with Crippen molar-refractivity contribution in [3.05, 3.63) is 29.3 Å². The Hall–Kier alpha value is -1.35. The van der Waals surface area contributed by atoms with E-state index in [4.69, 9.17) is 9.47 Å². The Morgan fingerprint density at radius 2 is 2.07 bits per heavy atom. The Bertz CT molecular complexity index is 331. The number of rotatable bonds is 4. The summed E-state index contributed by atoms with van der Waals surface area (Å²) in [7, 11) is 3.18. The largest absolute Gasteiger partial charge is 0.497 e. The molecule has 1 aromatic rings. The van der Waals surface area contributed by atoms with Gasteiger partial charge in [0.25, 0.3) is 0 Å². The molecule has 3 nitrogen and oxygen atoms in total. The zero-order chi connectivity index (χ0) is 10.6. The molecular weight excluding hydrogens is 180 g/mol. The van der Waals surface area contributed by atoms with E-state index in [1.807, 2.05) is 12.1 Å². The first-order valence-corrected chi connectivity index (χ1v) is 4.36. The Balaban J connectivity index is 3.10. The van der Waals surface area contributed by atoms with Crippen molar-refractivity contribution in [3.63, 3.8) is 0 Å². The van der Waals surface area contributed by atoms with E-state index < -0.39 is 0 Å². The van der Waals surface area contributed by atoms with Crippen molar-refractivity contribution in [3.8, 4) is 5.75 Å². The molecule has 0 N–H and O–H groups in total. The van der Waals surface area contributed by atoms with E-state index in [0.717, 1.165) is 5.56 Å².